The number of rotatable bonds is 1. The molecule has 0 heterocycles. The molecule has 0 amide bonds. The van der Waals surface area contributed by atoms with Gasteiger partial charge in [0.05, 0.1) is 0 Å². The van der Waals surface area contributed by atoms with E-state index in [-0.39, 0.29) is 0 Å². The molecule has 1 aliphatic carbocycles. The van der Waals surface area contributed by atoms with Gasteiger partial charge in [0.25, 0.3) is 0 Å². The van der Waals surface area contributed by atoms with Crippen molar-refractivity contribution in [2.45, 2.75) is 6.42 Å². The van der Waals surface area contributed by atoms with Crippen molar-refractivity contribution in [1.82, 2.24) is 0 Å². The molecule has 0 atom stereocenters. The minimum atomic E-state index is -2.78. The zero-order valence-corrected chi connectivity index (χ0v) is 15.1. The molecule has 0 fully saturated rings. The van der Waals surface area contributed by atoms with E-state index in [4.69, 9.17) is 0 Å². The van der Waals surface area contributed by atoms with E-state index in [2.05, 4.69) is 0 Å². The van der Waals surface area contributed by atoms with Crippen LogP contribution in [0.1, 0.15) is 27.8 Å². The molecule has 3 aromatic carbocycles. The van der Waals surface area contributed by atoms with Crippen LogP contribution in [-0.4, -0.2) is 0 Å². The molecule has 0 unspecified atom stereocenters. The monoisotopic (exact) mass is 489 g/mol. The van der Waals surface area contributed by atoms with Crippen LogP contribution in [0, 0.1) is 81.5 Å². The lowest BCUT2D eigenvalue weighted by Crippen LogP contribution is -2.27. The lowest BCUT2D eigenvalue weighted by Gasteiger charge is -2.36. The summed E-state index contributed by atoms with van der Waals surface area (Å²) in [5.74, 6) is -35.7. The summed E-state index contributed by atoms with van der Waals surface area (Å²) in [5, 5.41) is 0. The number of hydrogen-bond acceptors (Lipinski definition) is 0. The predicted octanol–water partition coefficient (Wildman–Crippen LogP) is 6.42. The zero-order valence-electron chi connectivity index (χ0n) is 15.1. The SMILES string of the molecule is Fc1c(F)c(F)c([C-]2c3c(F)c(F)c(F)c(F)c3Cc3c(F)c(F)c(F)c(F)c32)c(F)c1F. The molecule has 0 N–H and O–H groups in total. The van der Waals surface area contributed by atoms with Crippen molar-refractivity contribution in [2.24, 2.45) is 0 Å². The second kappa shape index (κ2) is 7.32. The van der Waals surface area contributed by atoms with Crippen molar-refractivity contribution in [3.05, 3.63) is 109 Å². The maximum Gasteiger partial charge on any atom is 0.189 e. The van der Waals surface area contributed by atoms with Crippen LogP contribution in [0.25, 0.3) is 0 Å². The first-order valence-electron chi connectivity index (χ1n) is 8.41. The van der Waals surface area contributed by atoms with E-state index >= 15 is 0 Å². The van der Waals surface area contributed by atoms with Crippen LogP contribution >= 0.6 is 0 Å². The van der Waals surface area contributed by atoms with Crippen molar-refractivity contribution in [2.75, 3.05) is 0 Å². The van der Waals surface area contributed by atoms with Crippen LogP contribution in [0.5, 0.6) is 0 Å². The summed E-state index contributed by atoms with van der Waals surface area (Å²) in [7, 11) is 0. The summed E-state index contributed by atoms with van der Waals surface area (Å²) in [5.41, 5.74) is -8.79. The fraction of sp³-hybridized carbons (Fsp3) is 0.0500. The van der Waals surface area contributed by atoms with Crippen LogP contribution in [0.15, 0.2) is 0 Å². The van der Waals surface area contributed by atoms with Crippen molar-refractivity contribution in [3.63, 3.8) is 0 Å². The van der Waals surface area contributed by atoms with Crippen LogP contribution in [0.2, 0.25) is 0 Å². The van der Waals surface area contributed by atoms with E-state index in [1.807, 2.05) is 0 Å². The first-order chi connectivity index (χ1) is 15.3. The zero-order chi connectivity index (χ0) is 24.7. The molecule has 0 aliphatic heterocycles. The third-order valence-electron chi connectivity index (χ3n) is 5.04. The number of hydrogen-bond donors (Lipinski definition) is 0. The lowest BCUT2D eigenvalue weighted by atomic mass is 9.73. The van der Waals surface area contributed by atoms with Gasteiger partial charge in [0.15, 0.2) is 40.7 Å². The minimum Gasteiger partial charge on any atom is -0.236 e. The number of halogens is 13. The van der Waals surface area contributed by atoms with E-state index in [0.29, 0.717) is 0 Å². The van der Waals surface area contributed by atoms with E-state index < -0.39 is 116 Å². The quantitative estimate of drug-likeness (QED) is 0.125. The highest BCUT2D eigenvalue weighted by molar-refractivity contribution is 5.68. The molecule has 13 heteroatoms. The largest absolute Gasteiger partial charge is 0.236 e. The Morgan fingerprint density at radius 1 is 0.303 bits per heavy atom. The first kappa shape index (κ1) is 22.8. The van der Waals surface area contributed by atoms with Crippen LogP contribution in [0.3, 0.4) is 0 Å². The molecule has 33 heavy (non-hydrogen) atoms. The number of fused-ring (bicyclic) bond motifs is 2. The Labute approximate surface area is 173 Å². The molecule has 4 rings (SSSR count). The van der Waals surface area contributed by atoms with E-state index in [1.165, 1.54) is 0 Å². The Balaban J connectivity index is 2.28. The lowest BCUT2D eigenvalue weighted by molar-refractivity contribution is 0.369. The fourth-order valence-electron chi connectivity index (χ4n) is 3.58. The van der Waals surface area contributed by atoms with Gasteiger partial charge in [-0.2, -0.15) is 0 Å². The van der Waals surface area contributed by atoms with Gasteiger partial charge in [-0.1, -0.05) is 5.92 Å². The van der Waals surface area contributed by atoms with Gasteiger partial charge in [-0.05, 0) is 34.2 Å². The topological polar surface area (TPSA) is 0 Å². The molecule has 0 spiro atoms. The molecule has 0 saturated heterocycles. The van der Waals surface area contributed by atoms with Gasteiger partial charge in [-0.3, -0.25) is 0 Å². The standard InChI is InChI=1S/C20H2F13/c21-8-2-1-3-5(11(24)17(30)15(28)9(3)22)6(4(2)10(23)16(29)14(8)27)7-12(25)18(31)20(33)19(32)13(7)26/h1H2/q-1. The Kier molecular flexibility index (Phi) is 5.06. The second-order valence-corrected chi connectivity index (χ2v) is 6.72. The van der Waals surface area contributed by atoms with Crippen LogP contribution in [-0.2, 0) is 6.42 Å². The highest BCUT2D eigenvalue weighted by Gasteiger charge is 2.39. The third kappa shape index (κ3) is 2.83. The summed E-state index contributed by atoms with van der Waals surface area (Å²) in [6.45, 7) is 0. The van der Waals surface area contributed by atoms with Crippen molar-refractivity contribution >= 4 is 0 Å². The molecule has 174 valence electrons. The molecular formula is C20H2F13-. The average molecular weight is 489 g/mol. The summed E-state index contributed by atoms with van der Waals surface area (Å²) < 4.78 is 183. The molecule has 1 aliphatic rings. The maximum absolute atomic E-state index is 14.6. The van der Waals surface area contributed by atoms with Crippen LogP contribution in [0.4, 0.5) is 57.1 Å². The maximum atomic E-state index is 14.6. The molecule has 0 aromatic heterocycles. The van der Waals surface area contributed by atoms with Gasteiger partial charge in [0, 0.05) is 0 Å². The molecule has 0 radical (unpaired) electrons. The fourth-order valence-corrected chi connectivity index (χ4v) is 3.58. The van der Waals surface area contributed by atoms with Crippen molar-refractivity contribution in [3.8, 4) is 0 Å². The smallest absolute Gasteiger partial charge is 0.189 e. The minimum absolute atomic E-state index is 1.48. The first-order valence-corrected chi connectivity index (χ1v) is 8.41. The Hall–Kier alpha value is -3.38. The molecular weight excluding hydrogens is 487 g/mol. The van der Waals surface area contributed by atoms with E-state index in [0.717, 1.165) is 0 Å². The van der Waals surface area contributed by atoms with Gasteiger partial charge < -0.3 is 0 Å². The van der Waals surface area contributed by atoms with E-state index in [1.54, 1.807) is 0 Å². The average Bonchev–Trinajstić information content (AvgIpc) is 2.80. The molecule has 0 nitrogen and oxygen atoms in total. The second-order valence-electron chi connectivity index (χ2n) is 6.72. The highest BCUT2D eigenvalue weighted by atomic mass is 19.2. The Morgan fingerprint density at radius 3 is 0.879 bits per heavy atom. The van der Waals surface area contributed by atoms with E-state index in [9.17, 15) is 57.1 Å². The number of benzene rings is 3. The van der Waals surface area contributed by atoms with Crippen molar-refractivity contribution < 1.29 is 57.1 Å². The Bertz CT molecular complexity index is 1240. The summed E-state index contributed by atoms with van der Waals surface area (Å²) in [4.78, 5) is 0. The van der Waals surface area contributed by atoms with Gasteiger partial charge in [-0.25, -0.2) is 57.1 Å². The third-order valence-corrected chi connectivity index (χ3v) is 5.04. The van der Waals surface area contributed by atoms with Gasteiger partial charge in [0.1, 0.15) is 34.9 Å². The molecule has 3 aromatic rings. The van der Waals surface area contributed by atoms with Gasteiger partial charge >= 0.3 is 0 Å². The predicted molar refractivity (Wildman–Crippen MR) is 82.1 cm³/mol. The Morgan fingerprint density at radius 2 is 0.545 bits per heavy atom. The highest BCUT2D eigenvalue weighted by Crippen LogP contribution is 2.48. The summed E-state index contributed by atoms with van der Waals surface area (Å²) >= 11 is 0. The van der Waals surface area contributed by atoms with Gasteiger partial charge in [-0.15, -0.1) is 0 Å². The molecule has 0 bridgehead atoms. The summed E-state index contributed by atoms with van der Waals surface area (Å²) in [6, 6.07) is 0. The molecule has 0 saturated carbocycles. The van der Waals surface area contributed by atoms with Gasteiger partial charge in [0.2, 0.25) is 0 Å². The normalized spacial score (nSPS) is 12.8. The van der Waals surface area contributed by atoms with Crippen molar-refractivity contribution in [1.29, 1.82) is 0 Å². The summed E-state index contributed by atoms with van der Waals surface area (Å²) in [6.07, 6.45) is -1.51. The van der Waals surface area contributed by atoms with Crippen LogP contribution < -0.4 is 0 Å².